The van der Waals surface area contributed by atoms with E-state index >= 15 is 0 Å². The summed E-state index contributed by atoms with van der Waals surface area (Å²) in [7, 11) is -3.57. The molecular formula is C15H23ClN2O2S. The number of hydrogen-bond donors (Lipinski definition) is 1. The first kappa shape index (κ1) is 18.0. The molecule has 1 atom stereocenters. The highest BCUT2D eigenvalue weighted by Crippen LogP contribution is 2.11. The third-order valence-electron chi connectivity index (χ3n) is 3.06. The summed E-state index contributed by atoms with van der Waals surface area (Å²) in [5.41, 5.74) is 1.01. The molecule has 4 nitrogen and oxygen atoms in total. The van der Waals surface area contributed by atoms with Gasteiger partial charge in [0, 0.05) is 5.88 Å². The van der Waals surface area contributed by atoms with Crippen molar-refractivity contribution in [1.29, 1.82) is 0 Å². The van der Waals surface area contributed by atoms with Crippen molar-refractivity contribution in [3.05, 3.63) is 29.8 Å². The molecule has 0 amide bonds. The second-order valence-corrected chi connectivity index (χ2v) is 7.07. The summed E-state index contributed by atoms with van der Waals surface area (Å²) < 4.78 is 26.9. The summed E-state index contributed by atoms with van der Waals surface area (Å²) in [6.45, 7) is 5.66. The Morgan fingerprint density at radius 3 is 2.48 bits per heavy atom. The average molecular weight is 331 g/mol. The van der Waals surface area contributed by atoms with Gasteiger partial charge in [0.2, 0.25) is 0 Å². The minimum Gasteiger partial charge on any atom is -0.268 e. The summed E-state index contributed by atoms with van der Waals surface area (Å²) >= 11 is 5.87. The zero-order valence-corrected chi connectivity index (χ0v) is 14.3. The van der Waals surface area contributed by atoms with Crippen molar-refractivity contribution in [2.24, 2.45) is 4.99 Å². The minimum absolute atomic E-state index is 0.0488. The van der Waals surface area contributed by atoms with Crippen molar-refractivity contribution in [2.45, 2.75) is 51.0 Å². The van der Waals surface area contributed by atoms with Gasteiger partial charge in [-0.15, -0.1) is 11.6 Å². The number of aliphatic imine (C=N–C) groups is 1. The van der Waals surface area contributed by atoms with Gasteiger partial charge in [-0.3, -0.25) is 9.71 Å². The number of alkyl halides is 1. The number of rotatable bonds is 7. The number of aryl methyl sites for hydroxylation is 1. The number of nitrogens with one attached hydrogen (secondary N) is 1. The number of nitrogens with zero attached hydrogens (tertiary/aromatic N) is 1. The molecule has 0 fully saturated rings. The summed E-state index contributed by atoms with van der Waals surface area (Å²) in [6, 6.07) is 6.66. The van der Waals surface area contributed by atoms with Crippen LogP contribution in [0, 0.1) is 6.92 Å². The van der Waals surface area contributed by atoms with E-state index < -0.39 is 10.0 Å². The fraction of sp³-hybridized carbons (Fsp3) is 0.533. The van der Waals surface area contributed by atoms with Crippen LogP contribution in [0.1, 0.15) is 38.7 Å². The quantitative estimate of drug-likeness (QED) is 0.472. The smallest absolute Gasteiger partial charge is 0.262 e. The maximum Gasteiger partial charge on any atom is 0.262 e. The zero-order chi connectivity index (χ0) is 15.9. The van der Waals surface area contributed by atoms with Crippen molar-refractivity contribution >= 4 is 27.5 Å². The van der Waals surface area contributed by atoms with Gasteiger partial charge in [0.25, 0.3) is 10.0 Å². The second-order valence-electron chi connectivity index (χ2n) is 5.08. The summed E-state index contributed by atoms with van der Waals surface area (Å²) in [5, 5.41) is 0. The van der Waals surface area contributed by atoms with E-state index in [1.807, 2.05) is 6.92 Å². The first-order valence-electron chi connectivity index (χ1n) is 7.09. The first-order valence-corrected chi connectivity index (χ1v) is 9.10. The van der Waals surface area contributed by atoms with Crippen molar-refractivity contribution in [2.75, 3.05) is 5.88 Å². The molecule has 0 radical (unpaired) electrons. The van der Waals surface area contributed by atoms with E-state index in [4.69, 9.17) is 11.6 Å². The molecule has 1 N–H and O–H groups in total. The van der Waals surface area contributed by atoms with E-state index in [-0.39, 0.29) is 10.9 Å². The van der Waals surface area contributed by atoms with Gasteiger partial charge < -0.3 is 0 Å². The van der Waals surface area contributed by atoms with Gasteiger partial charge in [-0.25, -0.2) is 8.42 Å². The van der Waals surface area contributed by atoms with E-state index in [2.05, 4.69) is 16.6 Å². The monoisotopic (exact) mass is 330 g/mol. The molecule has 0 bridgehead atoms. The van der Waals surface area contributed by atoms with Crippen molar-refractivity contribution < 1.29 is 8.42 Å². The molecule has 0 aromatic heterocycles. The van der Waals surface area contributed by atoms with Gasteiger partial charge in [0.1, 0.15) is 5.84 Å². The fourth-order valence-corrected chi connectivity index (χ4v) is 3.16. The zero-order valence-electron chi connectivity index (χ0n) is 12.8. The Kier molecular flexibility index (Phi) is 7.18. The summed E-state index contributed by atoms with van der Waals surface area (Å²) in [6.07, 6.45) is 2.96. The summed E-state index contributed by atoms with van der Waals surface area (Å²) in [5.74, 6) is 0.765. The lowest BCUT2D eigenvalue weighted by Gasteiger charge is -2.12. The molecule has 6 heteroatoms. The third-order valence-corrected chi connectivity index (χ3v) is 4.87. The Bertz CT molecular complexity index is 568. The molecule has 1 unspecified atom stereocenters. The molecule has 0 saturated heterocycles. The predicted molar refractivity (Wildman–Crippen MR) is 88.6 cm³/mol. The molecule has 0 saturated carbocycles. The Labute approximate surface area is 132 Å². The van der Waals surface area contributed by atoms with Crippen LogP contribution in [0.15, 0.2) is 34.2 Å². The van der Waals surface area contributed by atoms with Crippen LogP contribution in [-0.2, 0) is 10.0 Å². The van der Waals surface area contributed by atoms with E-state index in [1.54, 1.807) is 31.2 Å². The number of sulfonamides is 1. The lowest BCUT2D eigenvalue weighted by molar-refractivity contribution is 0.591. The topological polar surface area (TPSA) is 58.5 Å². The lowest BCUT2D eigenvalue weighted by atomic mass is 10.1. The Morgan fingerprint density at radius 1 is 1.33 bits per heavy atom. The first-order chi connectivity index (χ1) is 9.89. The normalized spacial score (nSPS) is 14.0. The molecule has 0 aliphatic rings. The van der Waals surface area contributed by atoms with Gasteiger partial charge in [-0.05, 0) is 32.4 Å². The predicted octanol–water partition coefficient (Wildman–Crippen LogP) is 3.49. The molecule has 1 aromatic carbocycles. The Morgan fingerprint density at radius 2 is 1.95 bits per heavy atom. The van der Waals surface area contributed by atoms with Crippen LogP contribution in [0.3, 0.4) is 0 Å². The highest BCUT2D eigenvalue weighted by molar-refractivity contribution is 7.90. The SMILES string of the molecule is CCCCC(CCl)N=C(C)NS(=O)(=O)c1ccc(C)cc1. The Balaban J connectivity index is 2.80. The van der Waals surface area contributed by atoms with E-state index in [0.29, 0.717) is 11.7 Å². The van der Waals surface area contributed by atoms with Crippen LogP contribution in [0.25, 0.3) is 0 Å². The van der Waals surface area contributed by atoms with Crippen LogP contribution in [0.2, 0.25) is 0 Å². The van der Waals surface area contributed by atoms with Crippen LogP contribution in [0.5, 0.6) is 0 Å². The Hall–Kier alpha value is -1.07. The van der Waals surface area contributed by atoms with Crippen LogP contribution in [-0.4, -0.2) is 26.2 Å². The third kappa shape index (κ3) is 6.06. The van der Waals surface area contributed by atoms with E-state index in [9.17, 15) is 8.42 Å². The molecule has 118 valence electrons. The molecule has 1 aromatic rings. The standard InChI is InChI=1S/C15H23ClN2O2S/c1-4-5-6-14(11-16)17-13(3)18-21(19,20)15-9-7-12(2)8-10-15/h7-10,14H,4-6,11H2,1-3H3,(H,17,18). The molecule has 1 rings (SSSR count). The molecule has 0 spiro atoms. The van der Waals surface area contributed by atoms with Gasteiger partial charge in [0.15, 0.2) is 0 Å². The number of benzene rings is 1. The van der Waals surface area contributed by atoms with Crippen molar-refractivity contribution in [1.82, 2.24) is 4.72 Å². The van der Waals surface area contributed by atoms with Gasteiger partial charge in [-0.2, -0.15) is 0 Å². The fourth-order valence-electron chi connectivity index (χ4n) is 1.89. The highest BCUT2D eigenvalue weighted by Gasteiger charge is 2.15. The molecule has 21 heavy (non-hydrogen) atoms. The number of unbranched alkanes of at least 4 members (excludes halogenated alkanes) is 1. The molecule has 0 aliphatic carbocycles. The summed E-state index contributed by atoms with van der Waals surface area (Å²) in [4.78, 5) is 4.59. The molecular weight excluding hydrogens is 308 g/mol. The van der Waals surface area contributed by atoms with Crippen LogP contribution >= 0.6 is 11.6 Å². The molecule has 0 heterocycles. The van der Waals surface area contributed by atoms with Gasteiger partial charge >= 0.3 is 0 Å². The lowest BCUT2D eigenvalue weighted by Crippen LogP contribution is -2.30. The van der Waals surface area contributed by atoms with Crippen molar-refractivity contribution in [3.63, 3.8) is 0 Å². The maximum absolute atomic E-state index is 12.2. The molecule has 0 aliphatic heterocycles. The van der Waals surface area contributed by atoms with E-state index in [0.717, 1.165) is 24.8 Å². The highest BCUT2D eigenvalue weighted by atomic mass is 35.5. The second kappa shape index (κ2) is 8.39. The largest absolute Gasteiger partial charge is 0.268 e. The van der Waals surface area contributed by atoms with Crippen LogP contribution < -0.4 is 4.72 Å². The number of amidine groups is 1. The van der Waals surface area contributed by atoms with Crippen molar-refractivity contribution in [3.8, 4) is 0 Å². The number of halogens is 1. The average Bonchev–Trinajstić information content (AvgIpc) is 2.43. The van der Waals surface area contributed by atoms with Crippen LogP contribution in [0.4, 0.5) is 0 Å². The minimum atomic E-state index is -3.57. The maximum atomic E-state index is 12.2. The van der Waals surface area contributed by atoms with Gasteiger partial charge in [0.05, 0.1) is 10.9 Å². The van der Waals surface area contributed by atoms with E-state index in [1.165, 1.54) is 0 Å². The van der Waals surface area contributed by atoms with Gasteiger partial charge in [-0.1, -0.05) is 37.5 Å². The number of hydrogen-bond acceptors (Lipinski definition) is 3.